The van der Waals surface area contributed by atoms with Crippen LogP contribution in [0.2, 0.25) is 0 Å². The smallest absolute Gasteiger partial charge is 0.254 e. The Morgan fingerprint density at radius 1 is 0.941 bits per heavy atom. The third-order valence-electron chi connectivity index (χ3n) is 8.23. The lowest BCUT2D eigenvalue weighted by Gasteiger charge is -2.35. The number of aliphatic hydroxyl groups is 1. The largest absolute Gasteiger partial charge is 0.372 e. The average Bonchev–Trinajstić information content (AvgIpc) is 3.64. The molecule has 0 aromatic heterocycles. The van der Waals surface area contributed by atoms with Crippen LogP contribution in [0.4, 0.5) is 0 Å². The van der Waals surface area contributed by atoms with E-state index in [1.165, 1.54) is 24.0 Å². The van der Waals surface area contributed by atoms with E-state index in [0.717, 1.165) is 49.5 Å². The minimum atomic E-state index is -0.992. The monoisotopic (exact) mass is 459 g/mol. The van der Waals surface area contributed by atoms with E-state index in [1.54, 1.807) is 10.5 Å². The first-order valence-corrected chi connectivity index (χ1v) is 12.8. The zero-order chi connectivity index (χ0) is 23.2. The molecule has 2 unspecified atom stereocenters. The molecule has 2 amide bonds. The van der Waals surface area contributed by atoms with E-state index in [0.29, 0.717) is 25.3 Å². The van der Waals surface area contributed by atoms with Crippen molar-refractivity contribution in [1.29, 1.82) is 0 Å². The molecule has 2 saturated heterocycles. The van der Waals surface area contributed by atoms with Gasteiger partial charge >= 0.3 is 0 Å². The molecular weight excluding hydrogens is 426 g/mol. The van der Waals surface area contributed by atoms with Crippen molar-refractivity contribution >= 4 is 11.8 Å². The number of nitrogens with zero attached hydrogens (tertiary/aromatic N) is 2. The first-order chi connectivity index (χ1) is 16.6. The van der Waals surface area contributed by atoms with Gasteiger partial charge in [0.1, 0.15) is 6.23 Å². The lowest BCUT2D eigenvalue weighted by Crippen LogP contribution is -2.55. The van der Waals surface area contributed by atoms with E-state index in [2.05, 4.69) is 46.6 Å². The van der Waals surface area contributed by atoms with Gasteiger partial charge in [0.05, 0.1) is 6.04 Å². The summed E-state index contributed by atoms with van der Waals surface area (Å²) in [6, 6.07) is 14.9. The van der Waals surface area contributed by atoms with Crippen LogP contribution >= 0.6 is 0 Å². The molecule has 0 radical (unpaired) electrons. The zero-order valence-electron chi connectivity index (χ0n) is 19.6. The standard InChI is InChI=1S/C28H33N3O3/c32-26-10-9-25(27(33)29-26)31-17-22-15-20(7-8-24(22)28(31)34)18-11-13-30(14-12-18)16-21-3-1-2-4-23(21)19-5-6-19/h1-4,7-8,15,18-19,25,27,33H,5-6,9-14,16-17H2,(H,29,32). The normalized spacial score (nSPS) is 26.0. The molecule has 3 aliphatic heterocycles. The second kappa shape index (κ2) is 8.82. The number of likely N-dealkylation sites (tertiary alicyclic amines) is 1. The molecule has 0 bridgehead atoms. The number of benzene rings is 2. The highest BCUT2D eigenvalue weighted by atomic mass is 16.3. The fourth-order valence-corrected chi connectivity index (χ4v) is 6.12. The molecule has 3 fully saturated rings. The Morgan fingerprint density at radius 2 is 1.74 bits per heavy atom. The summed E-state index contributed by atoms with van der Waals surface area (Å²) in [7, 11) is 0. The highest BCUT2D eigenvalue weighted by Crippen LogP contribution is 2.42. The second-order valence-corrected chi connectivity index (χ2v) is 10.5. The van der Waals surface area contributed by atoms with Crippen molar-refractivity contribution in [3.05, 3.63) is 70.3 Å². The molecule has 1 saturated carbocycles. The van der Waals surface area contributed by atoms with Crippen LogP contribution < -0.4 is 5.32 Å². The fourth-order valence-electron chi connectivity index (χ4n) is 6.12. The molecule has 34 heavy (non-hydrogen) atoms. The van der Waals surface area contributed by atoms with Gasteiger partial charge in [0.25, 0.3) is 5.91 Å². The number of hydrogen-bond acceptors (Lipinski definition) is 4. The summed E-state index contributed by atoms with van der Waals surface area (Å²) in [5.74, 6) is 1.11. The molecule has 2 aromatic carbocycles. The number of hydrogen-bond donors (Lipinski definition) is 2. The van der Waals surface area contributed by atoms with E-state index in [4.69, 9.17) is 0 Å². The van der Waals surface area contributed by atoms with Crippen LogP contribution in [-0.4, -0.2) is 52.1 Å². The molecule has 4 aliphatic rings. The molecular formula is C28H33N3O3. The number of fused-ring (bicyclic) bond motifs is 1. The predicted octanol–water partition coefficient (Wildman–Crippen LogP) is 3.50. The molecule has 6 nitrogen and oxygen atoms in total. The van der Waals surface area contributed by atoms with Gasteiger partial charge in [-0.05, 0) is 85.3 Å². The summed E-state index contributed by atoms with van der Waals surface area (Å²) < 4.78 is 0. The molecule has 2 aromatic rings. The van der Waals surface area contributed by atoms with Crippen molar-refractivity contribution in [3.63, 3.8) is 0 Å². The lowest BCUT2D eigenvalue weighted by atomic mass is 9.87. The minimum Gasteiger partial charge on any atom is -0.372 e. The van der Waals surface area contributed by atoms with Crippen molar-refractivity contribution in [2.24, 2.45) is 0 Å². The van der Waals surface area contributed by atoms with Gasteiger partial charge in [0, 0.05) is 25.1 Å². The molecule has 178 valence electrons. The number of amides is 2. The maximum absolute atomic E-state index is 13.0. The van der Waals surface area contributed by atoms with Crippen LogP contribution in [0.3, 0.4) is 0 Å². The highest BCUT2D eigenvalue weighted by molar-refractivity contribution is 5.98. The highest BCUT2D eigenvalue weighted by Gasteiger charge is 2.39. The van der Waals surface area contributed by atoms with Crippen LogP contribution in [-0.2, 0) is 17.9 Å². The van der Waals surface area contributed by atoms with Gasteiger partial charge in [-0.2, -0.15) is 0 Å². The predicted molar refractivity (Wildman–Crippen MR) is 129 cm³/mol. The van der Waals surface area contributed by atoms with Crippen molar-refractivity contribution in [2.75, 3.05) is 13.1 Å². The summed E-state index contributed by atoms with van der Waals surface area (Å²) in [5.41, 5.74) is 6.17. The van der Waals surface area contributed by atoms with E-state index in [1.807, 2.05) is 6.07 Å². The van der Waals surface area contributed by atoms with Gasteiger partial charge in [-0.25, -0.2) is 0 Å². The number of carbonyl (C=O) groups is 2. The van der Waals surface area contributed by atoms with Gasteiger partial charge in [0.2, 0.25) is 5.91 Å². The Morgan fingerprint density at radius 3 is 2.50 bits per heavy atom. The maximum Gasteiger partial charge on any atom is 0.254 e. The zero-order valence-corrected chi connectivity index (χ0v) is 19.6. The van der Waals surface area contributed by atoms with Crippen LogP contribution in [0.25, 0.3) is 0 Å². The Bertz CT molecular complexity index is 1100. The maximum atomic E-state index is 13.0. The summed E-state index contributed by atoms with van der Waals surface area (Å²) in [6.45, 7) is 3.75. The lowest BCUT2D eigenvalue weighted by molar-refractivity contribution is -0.129. The molecule has 6 rings (SSSR count). The van der Waals surface area contributed by atoms with Crippen molar-refractivity contribution in [1.82, 2.24) is 15.1 Å². The summed E-state index contributed by atoms with van der Waals surface area (Å²) in [4.78, 5) is 28.9. The topological polar surface area (TPSA) is 72.9 Å². The fraction of sp³-hybridized carbons (Fsp3) is 0.500. The van der Waals surface area contributed by atoms with Crippen LogP contribution in [0.1, 0.15) is 83.0 Å². The number of aliphatic hydroxyl groups excluding tert-OH is 1. The SMILES string of the molecule is O=C1CCC(N2Cc3cc(C4CCN(Cc5ccccc5C5CC5)CC4)ccc3C2=O)C(O)N1. The molecule has 3 heterocycles. The van der Waals surface area contributed by atoms with Gasteiger partial charge in [0.15, 0.2) is 0 Å². The van der Waals surface area contributed by atoms with E-state index >= 15 is 0 Å². The number of rotatable bonds is 5. The van der Waals surface area contributed by atoms with Crippen LogP contribution in [0.5, 0.6) is 0 Å². The summed E-state index contributed by atoms with van der Waals surface area (Å²) >= 11 is 0. The van der Waals surface area contributed by atoms with Crippen molar-refractivity contribution in [2.45, 2.75) is 75.7 Å². The van der Waals surface area contributed by atoms with Crippen LogP contribution in [0.15, 0.2) is 42.5 Å². The van der Waals surface area contributed by atoms with Crippen molar-refractivity contribution < 1.29 is 14.7 Å². The van der Waals surface area contributed by atoms with Gasteiger partial charge in [-0.1, -0.05) is 36.4 Å². The number of piperidine rings is 2. The van der Waals surface area contributed by atoms with E-state index < -0.39 is 6.23 Å². The third-order valence-corrected chi connectivity index (χ3v) is 8.23. The molecule has 1 aliphatic carbocycles. The van der Waals surface area contributed by atoms with Crippen molar-refractivity contribution in [3.8, 4) is 0 Å². The quantitative estimate of drug-likeness (QED) is 0.718. The first kappa shape index (κ1) is 21.8. The Hall–Kier alpha value is -2.70. The van der Waals surface area contributed by atoms with Gasteiger partial charge in [-0.3, -0.25) is 14.5 Å². The van der Waals surface area contributed by atoms with Gasteiger partial charge in [-0.15, -0.1) is 0 Å². The van der Waals surface area contributed by atoms with E-state index in [-0.39, 0.29) is 17.9 Å². The Balaban J connectivity index is 1.10. The number of nitrogens with one attached hydrogen (secondary N) is 1. The molecule has 2 atom stereocenters. The van der Waals surface area contributed by atoms with E-state index in [9.17, 15) is 14.7 Å². The summed E-state index contributed by atoms with van der Waals surface area (Å²) in [6.07, 6.45) is 4.80. The molecule has 6 heteroatoms. The van der Waals surface area contributed by atoms with Crippen LogP contribution in [0, 0.1) is 0 Å². The van der Waals surface area contributed by atoms with Gasteiger partial charge < -0.3 is 15.3 Å². The second-order valence-electron chi connectivity index (χ2n) is 10.5. The number of carbonyl (C=O) groups excluding carboxylic acids is 2. The summed E-state index contributed by atoms with van der Waals surface area (Å²) in [5, 5.41) is 12.9. The Labute approximate surface area is 200 Å². The third kappa shape index (κ3) is 4.14. The Kier molecular flexibility index (Phi) is 5.66. The molecule has 0 spiro atoms. The molecule has 2 N–H and O–H groups in total. The minimum absolute atomic E-state index is 0.0362. The first-order valence-electron chi connectivity index (χ1n) is 12.8. The average molecular weight is 460 g/mol.